The zero-order valence-corrected chi connectivity index (χ0v) is 18.4. The molecular weight excluding hydrogens is 416 g/mol. The second kappa shape index (κ2) is 10.6. The molecule has 1 heterocycles. The Morgan fingerprint density at radius 1 is 1.03 bits per heavy atom. The first-order valence-corrected chi connectivity index (χ1v) is 10.6. The second-order valence-corrected chi connectivity index (χ2v) is 7.59. The molecule has 31 heavy (non-hydrogen) atoms. The van der Waals surface area contributed by atoms with Crippen LogP contribution < -0.4 is 14.8 Å². The fraction of sp³-hybridized carbons (Fsp3) is 0.273. The number of benzene rings is 2. The van der Waals surface area contributed by atoms with Crippen molar-refractivity contribution in [2.75, 3.05) is 25.3 Å². The Morgan fingerprint density at radius 2 is 1.77 bits per heavy atom. The van der Waals surface area contributed by atoms with Gasteiger partial charge in [-0.25, -0.2) is 0 Å². The number of aryl methyl sites for hydroxylation is 1. The van der Waals surface area contributed by atoms with Crippen molar-refractivity contribution in [3.63, 3.8) is 0 Å². The highest BCUT2D eigenvalue weighted by Crippen LogP contribution is 2.23. The van der Waals surface area contributed by atoms with Crippen LogP contribution in [0.15, 0.2) is 53.7 Å². The fourth-order valence-electron chi connectivity index (χ4n) is 2.86. The maximum absolute atomic E-state index is 12.4. The molecule has 0 atom stereocenters. The van der Waals surface area contributed by atoms with E-state index in [0.717, 1.165) is 0 Å². The number of carbonyl (C=O) groups excluding carboxylic acids is 2. The second-order valence-electron chi connectivity index (χ2n) is 6.65. The summed E-state index contributed by atoms with van der Waals surface area (Å²) < 4.78 is 12.2. The zero-order chi connectivity index (χ0) is 22.2. The normalized spacial score (nSPS) is 10.5. The number of methoxy groups -OCH3 is 2. The molecule has 3 aromatic rings. The molecule has 1 N–H and O–H groups in total. The Balaban J connectivity index is 1.52. The summed E-state index contributed by atoms with van der Waals surface area (Å²) in [5, 5.41) is 11.8. The summed E-state index contributed by atoms with van der Waals surface area (Å²) in [4.78, 5) is 24.7. The molecule has 162 valence electrons. The van der Waals surface area contributed by atoms with Gasteiger partial charge in [-0.15, -0.1) is 10.2 Å². The number of thioether (sulfide) groups is 1. The summed E-state index contributed by atoms with van der Waals surface area (Å²) in [5.41, 5.74) is 1.24. The number of hydrogen-bond donors (Lipinski definition) is 1. The lowest BCUT2D eigenvalue weighted by molar-refractivity contribution is -0.116. The van der Waals surface area contributed by atoms with Crippen LogP contribution in [0.25, 0.3) is 0 Å². The molecule has 1 aromatic heterocycles. The predicted octanol–water partition coefficient (Wildman–Crippen LogP) is 3.38. The van der Waals surface area contributed by atoms with E-state index in [1.165, 1.54) is 11.8 Å². The van der Waals surface area contributed by atoms with Gasteiger partial charge in [0.1, 0.15) is 17.3 Å². The molecule has 0 saturated carbocycles. The highest BCUT2D eigenvalue weighted by atomic mass is 32.2. The van der Waals surface area contributed by atoms with Crippen molar-refractivity contribution in [1.29, 1.82) is 0 Å². The lowest BCUT2D eigenvalue weighted by Crippen LogP contribution is -2.14. The fourth-order valence-corrected chi connectivity index (χ4v) is 3.69. The molecule has 0 fully saturated rings. The summed E-state index contributed by atoms with van der Waals surface area (Å²) in [6.07, 6.45) is 0.678. The van der Waals surface area contributed by atoms with Gasteiger partial charge in [-0.1, -0.05) is 23.9 Å². The van der Waals surface area contributed by atoms with E-state index in [4.69, 9.17) is 9.47 Å². The van der Waals surface area contributed by atoms with Crippen LogP contribution in [0.1, 0.15) is 22.6 Å². The number of ketones is 1. The van der Waals surface area contributed by atoms with Crippen molar-refractivity contribution in [1.82, 2.24) is 14.8 Å². The van der Waals surface area contributed by atoms with Crippen molar-refractivity contribution in [2.45, 2.75) is 18.0 Å². The van der Waals surface area contributed by atoms with E-state index in [0.29, 0.717) is 40.2 Å². The van der Waals surface area contributed by atoms with Crippen molar-refractivity contribution in [2.24, 2.45) is 7.05 Å². The summed E-state index contributed by atoms with van der Waals surface area (Å²) >= 11 is 1.31. The van der Waals surface area contributed by atoms with Crippen LogP contribution in [-0.4, -0.2) is 46.4 Å². The van der Waals surface area contributed by atoms with Crippen LogP contribution in [0.5, 0.6) is 11.5 Å². The zero-order valence-electron chi connectivity index (χ0n) is 17.6. The van der Waals surface area contributed by atoms with Gasteiger partial charge in [-0.3, -0.25) is 9.59 Å². The molecule has 9 heteroatoms. The molecule has 0 unspecified atom stereocenters. The van der Waals surface area contributed by atoms with E-state index < -0.39 is 0 Å². The van der Waals surface area contributed by atoms with E-state index in [9.17, 15) is 9.59 Å². The quantitative estimate of drug-likeness (QED) is 0.381. The van der Waals surface area contributed by atoms with Crippen molar-refractivity contribution >= 4 is 29.1 Å². The third-order valence-corrected chi connectivity index (χ3v) is 5.65. The first-order chi connectivity index (χ1) is 15.0. The SMILES string of the molecule is COc1ccc(C(=O)CSc2nnc(CCC(=O)Nc3ccccc3OC)n2C)cc1. The van der Waals surface area contributed by atoms with Gasteiger partial charge >= 0.3 is 0 Å². The Morgan fingerprint density at radius 3 is 2.48 bits per heavy atom. The summed E-state index contributed by atoms with van der Waals surface area (Å²) in [6.45, 7) is 0. The number of rotatable bonds is 10. The third kappa shape index (κ3) is 5.85. The number of ether oxygens (including phenoxy) is 2. The maximum atomic E-state index is 12.4. The van der Waals surface area contributed by atoms with Gasteiger partial charge < -0.3 is 19.4 Å². The van der Waals surface area contributed by atoms with Gasteiger partial charge in [0.05, 0.1) is 25.7 Å². The van der Waals surface area contributed by atoms with E-state index in [-0.39, 0.29) is 23.9 Å². The van der Waals surface area contributed by atoms with Crippen LogP contribution in [0.3, 0.4) is 0 Å². The number of Topliss-reactive ketones (excluding diaryl/α,β-unsaturated/α-hetero) is 1. The number of nitrogens with one attached hydrogen (secondary N) is 1. The Labute approximate surface area is 185 Å². The molecule has 8 nitrogen and oxygen atoms in total. The van der Waals surface area contributed by atoms with Crippen LogP contribution in [0.2, 0.25) is 0 Å². The van der Waals surface area contributed by atoms with Crippen LogP contribution >= 0.6 is 11.8 Å². The standard InChI is InChI=1S/C22H24N4O4S/c1-26-20(12-13-21(28)23-17-6-4-5-7-19(17)30-3)24-25-22(26)31-14-18(27)15-8-10-16(29-2)11-9-15/h4-11H,12-14H2,1-3H3,(H,23,28). The number of anilines is 1. The van der Waals surface area contributed by atoms with Crippen LogP contribution in [0.4, 0.5) is 5.69 Å². The van der Waals surface area contributed by atoms with E-state index in [1.54, 1.807) is 50.6 Å². The average molecular weight is 441 g/mol. The molecule has 0 aliphatic heterocycles. The molecule has 0 radical (unpaired) electrons. The Kier molecular flexibility index (Phi) is 7.66. The van der Waals surface area contributed by atoms with E-state index in [1.807, 2.05) is 23.7 Å². The Hall–Kier alpha value is -3.33. The largest absolute Gasteiger partial charge is 0.497 e. The molecule has 0 aliphatic carbocycles. The number of para-hydroxylation sites is 2. The molecule has 1 amide bonds. The third-order valence-electron chi connectivity index (χ3n) is 4.63. The minimum absolute atomic E-state index is 0.00612. The van der Waals surface area contributed by atoms with E-state index in [2.05, 4.69) is 15.5 Å². The first kappa shape index (κ1) is 22.4. The topological polar surface area (TPSA) is 95.3 Å². The van der Waals surface area contributed by atoms with Crippen molar-refractivity contribution < 1.29 is 19.1 Å². The molecule has 2 aromatic carbocycles. The molecule has 0 saturated heterocycles. The molecule has 3 rings (SSSR count). The summed E-state index contributed by atoms with van der Waals surface area (Å²) in [6, 6.07) is 14.2. The predicted molar refractivity (Wildman–Crippen MR) is 119 cm³/mol. The van der Waals surface area contributed by atoms with Gasteiger partial charge in [0, 0.05) is 25.5 Å². The average Bonchev–Trinajstić information content (AvgIpc) is 3.15. The smallest absolute Gasteiger partial charge is 0.224 e. The maximum Gasteiger partial charge on any atom is 0.224 e. The van der Waals surface area contributed by atoms with Gasteiger partial charge in [-0.2, -0.15) is 0 Å². The first-order valence-electron chi connectivity index (χ1n) is 9.63. The minimum Gasteiger partial charge on any atom is -0.497 e. The molecular formula is C22H24N4O4S. The van der Waals surface area contributed by atoms with Gasteiger partial charge in [0.25, 0.3) is 0 Å². The monoisotopic (exact) mass is 440 g/mol. The van der Waals surface area contributed by atoms with Crippen molar-refractivity contribution in [3.05, 3.63) is 59.9 Å². The number of hydrogen-bond acceptors (Lipinski definition) is 7. The number of carbonyl (C=O) groups is 2. The molecule has 0 bridgehead atoms. The highest BCUT2D eigenvalue weighted by molar-refractivity contribution is 7.99. The summed E-state index contributed by atoms with van der Waals surface area (Å²) in [7, 11) is 4.97. The number of amides is 1. The van der Waals surface area contributed by atoms with Crippen LogP contribution in [0, 0.1) is 0 Å². The number of aromatic nitrogens is 3. The van der Waals surface area contributed by atoms with Crippen molar-refractivity contribution in [3.8, 4) is 11.5 Å². The number of nitrogens with zero attached hydrogens (tertiary/aromatic N) is 3. The van der Waals surface area contributed by atoms with Gasteiger partial charge in [0.2, 0.25) is 5.91 Å². The van der Waals surface area contributed by atoms with Gasteiger partial charge in [0.15, 0.2) is 10.9 Å². The van der Waals surface area contributed by atoms with Crippen LogP contribution in [-0.2, 0) is 18.3 Å². The molecule has 0 spiro atoms. The highest BCUT2D eigenvalue weighted by Gasteiger charge is 2.14. The lowest BCUT2D eigenvalue weighted by Gasteiger charge is -2.09. The lowest BCUT2D eigenvalue weighted by atomic mass is 10.1. The minimum atomic E-state index is -0.142. The Bertz CT molecular complexity index is 1050. The van der Waals surface area contributed by atoms with E-state index >= 15 is 0 Å². The molecule has 0 aliphatic rings. The summed E-state index contributed by atoms with van der Waals surface area (Å²) in [5.74, 6) is 2.08. The van der Waals surface area contributed by atoms with Gasteiger partial charge in [-0.05, 0) is 36.4 Å².